The van der Waals surface area contributed by atoms with Crippen molar-refractivity contribution in [3.63, 3.8) is 0 Å². The number of imidazole rings is 1. The van der Waals surface area contributed by atoms with E-state index in [1.165, 1.54) is 23.5 Å². The van der Waals surface area contributed by atoms with E-state index >= 15 is 0 Å². The molecule has 5 nitrogen and oxygen atoms in total. The van der Waals surface area contributed by atoms with Gasteiger partial charge in [0.1, 0.15) is 5.75 Å². The van der Waals surface area contributed by atoms with Crippen LogP contribution in [-0.2, 0) is 11.2 Å². The normalized spacial score (nSPS) is 11.6. The number of benzene rings is 2. The number of nitrogens with one attached hydrogen (secondary N) is 1. The van der Waals surface area contributed by atoms with Crippen LogP contribution < -0.4 is 10.1 Å². The Morgan fingerprint density at radius 1 is 1.10 bits per heavy atom. The average molecular weight is 417 g/mol. The lowest BCUT2D eigenvalue weighted by atomic mass is 10.2. The maximum Gasteiger partial charge on any atom is 0.573 e. The lowest BCUT2D eigenvalue weighted by Crippen LogP contribution is -2.17. The number of fused-ring (bicyclic) bond motifs is 1. The first-order valence-electron chi connectivity index (χ1n) is 8.54. The van der Waals surface area contributed by atoms with Crippen LogP contribution in [0.1, 0.15) is 5.69 Å². The summed E-state index contributed by atoms with van der Waals surface area (Å²) in [6, 6.07) is 14.7. The molecular weight excluding hydrogens is 403 g/mol. The molecule has 0 atom stereocenters. The van der Waals surface area contributed by atoms with Gasteiger partial charge in [-0.15, -0.1) is 24.5 Å². The number of ether oxygens (including phenoxy) is 1. The van der Waals surface area contributed by atoms with E-state index in [-0.39, 0.29) is 18.1 Å². The third-order valence-corrected chi connectivity index (χ3v) is 4.95. The van der Waals surface area contributed by atoms with Gasteiger partial charge in [-0.1, -0.05) is 30.3 Å². The van der Waals surface area contributed by atoms with E-state index in [0.29, 0.717) is 5.69 Å². The fourth-order valence-electron chi connectivity index (χ4n) is 2.81. The topological polar surface area (TPSA) is 55.6 Å². The third kappa shape index (κ3) is 4.57. The molecule has 0 saturated heterocycles. The zero-order valence-electron chi connectivity index (χ0n) is 14.8. The Morgan fingerprint density at radius 3 is 2.52 bits per heavy atom. The van der Waals surface area contributed by atoms with Crippen molar-refractivity contribution in [1.82, 2.24) is 9.38 Å². The van der Waals surface area contributed by atoms with Gasteiger partial charge in [-0.05, 0) is 24.3 Å². The molecule has 0 aliphatic rings. The maximum atomic E-state index is 12.4. The molecular formula is C20H14F3N3O2S. The number of hydrogen-bond acceptors (Lipinski definition) is 4. The van der Waals surface area contributed by atoms with Gasteiger partial charge in [0.15, 0.2) is 4.96 Å². The maximum absolute atomic E-state index is 12.4. The van der Waals surface area contributed by atoms with Crippen molar-refractivity contribution in [2.75, 3.05) is 5.32 Å². The van der Waals surface area contributed by atoms with Crippen molar-refractivity contribution < 1.29 is 22.7 Å². The van der Waals surface area contributed by atoms with Crippen molar-refractivity contribution in [3.05, 3.63) is 71.9 Å². The third-order valence-electron chi connectivity index (χ3n) is 4.07. The summed E-state index contributed by atoms with van der Waals surface area (Å²) in [5.74, 6) is -0.633. The molecule has 4 rings (SSSR count). The van der Waals surface area contributed by atoms with Gasteiger partial charge >= 0.3 is 6.36 Å². The first kappa shape index (κ1) is 19.0. The summed E-state index contributed by atoms with van der Waals surface area (Å²) >= 11 is 1.43. The monoisotopic (exact) mass is 417 g/mol. The molecule has 2 aromatic heterocycles. The van der Waals surface area contributed by atoms with E-state index in [4.69, 9.17) is 0 Å². The van der Waals surface area contributed by atoms with Gasteiger partial charge in [0.2, 0.25) is 5.91 Å². The molecule has 1 N–H and O–H groups in total. The number of carbonyl (C=O) groups is 1. The number of aromatic nitrogens is 2. The van der Waals surface area contributed by atoms with E-state index in [1.54, 1.807) is 0 Å². The lowest BCUT2D eigenvalue weighted by Gasteiger charge is -2.10. The molecule has 0 spiro atoms. The smallest absolute Gasteiger partial charge is 0.406 e. The minimum atomic E-state index is -4.75. The molecule has 148 valence electrons. The molecule has 0 saturated carbocycles. The van der Waals surface area contributed by atoms with Crippen LogP contribution in [0.15, 0.2) is 66.2 Å². The molecule has 0 fully saturated rings. The number of carbonyl (C=O) groups excluding carboxylic acids is 1. The van der Waals surface area contributed by atoms with E-state index < -0.39 is 6.36 Å². The van der Waals surface area contributed by atoms with Gasteiger partial charge in [0, 0.05) is 28.5 Å². The summed E-state index contributed by atoms with van der Waals surface area (Å²) < 4.78 is 42.3. The summed E-state index contributed by atoms with van der Waals surface area (Å²) in [5.41, 5.74) is 2.96. The fourth-order valence-corrected chi connectivity index (χ4v) is 3.69. The Balaban J connectivity index is 1.44. The predicted octanol–water partition coefficient (Wildman–Crippen LogP) is 5.14. The Hall–Kier alpha value is -3.33. The van der Waals surface area contributed by atoms with Crippen LogP contribution in [0.5, 0.6) is 5.75 Å². The number of alkyl halides is 3. The molecule has 2 aromatic carbocycles. The van der Waals surface area contributed by atoms with E-state index in [2.05, 4.69) is 15.0 Å². The molecule has 0 unspecified atom stereocenters. The van der Waals surface area contributed by atoms with Crippen molar-refractivity contribution in [2.45, 2.75) is 12.8 Å². The Bertz CT molecular complexity index is 1140. The minimum Gasteiger partial charge on any atom is -0.406 e. The summed E-state index contributed by atoms with van der Waals surface area (Å²) in [5, 5.41) is 4.53. The van der Waals surface area contributed by atoms with Gasteiger partial charge < -0.3 is 10.1 Å². The first-order valence-corrected chi connectivity index (χ1v) is 9.42. The molecule has 0 aliphatic heterocycles. The number of thiazole rings is 1. The standard InChI is InChI=1S/C20H14F3N3O2S/c21-20(22,23)28-16-8-6-14(7-9-16)24-18(27)10-15-12-29-19-25-17(11-26(15)19)13-4-2-1-3-5-13/h1-9,11-12H,10H2,(H,24,27). The molecule has 1 amide bonds. The van der Waals surface area contributed by atoms with Gasteiger partial charge in [-0.3, -0.25) is 9.20 Å². The number of rotatable bonds is 5. The van der Waals surface area contributed by atoms with Crippen molar-refractivity contribution in [2.24, 2.45) is 0 Å². The Labute approximate surface area is 167 Å². The highest BCUT2D eigenvalue weighted by atomic mass is 32.1. The summed E-state index contributed by atoms with van der Waals surface area (Å²) in [6.07, 6.45) is -2.77. The number of anilines is 1. The van der Waals surface area contributed by atoms with Crippen molar-refractivity contribution in [3.8, 4) is 17.0 Å². The second-order valence-electron chi connectivity index (χ2n) is 6.17. The molecule has 0 aliphatic carbocycles. The summed E-state index contributed by atoms with van der Waals surface area (Å²) in [4.78, 5) is 17.7. The van der Waals surface area contributed by atoms with Crippen LogP contribution in [0.2, 0.25) is 0 Å². The van der Waals surface area contributed by atoms with Crippen LogP contribution >= 0.6 is 11.3 Å². The first-order chi connectivity index (χ1) is 13.9. The van der Waals surface area contributed by atoms with Crippen LogP contribution in [-0.4, -0.2) is 21.7 Å². The van der Waals surface area contributed by atoms with Crippen LogP contribution in [0, 0.1) is 0 Å². The van der Waals surface area contributed by atoms with Crippen LogP contribution in [0.3, 0.4) is 0 Å². The molecule has 4 aromatic rings. The molecule has 9 heteroatoms. The van der Waals surface area contributed by atoms with Crippen LogP contribution in [0.25, 0.3) is 16.2 Å². The van der Waals surface area contributed by atoms with Gasteiger partial charge in [0.05, 0.1) is 12.1 Å². The lowest BCUT2D eigenvalue weighted by molar-refractivity contribution is -0.274. The van der Waals surface area contributed by atoms with Crippen molar-refractivity contribution >= 4 is 27.9 Å². The molecule has 0 radical (unpaired) electrons. The number of nitrogens with zero attached hydrogens (tertiary/aromatic N) is 2. The molecule has 29 heavy (non-hydrogen) atoms. The Morgan fingerprint density at radius 2 is 1.83 bits per heavy atom. The highest BCUT2D eigenvalue weighted by Gasteiger charge is 2.30. The largest absolute Gasteiger partial charge is 0.573 e. The summed E-state index contributed by atoms with van der Waals surface area (Å²) in [6.45, 7) is 0. The SMILES string of the molecule is O=C(Cc1csc2nc(-c3ccccc3)cn12)Nc1ccc(OC(F)(F)F)cc1. The zero-order chi connectivity index (χ0) is 20.4. The van der Waals surface area contributed by atoms with Gasteiger partial charge in [-0.25, -0.2) is 4.98 Å². The predicted molar refractivity (Wildman–Crippen MR) is 104 cm³/mol. The number of amides is 1. The molecule has 2 heterocycles. The quantitative estimate of drug-likeness (QED) is 0.489. The Kier molecular flexibility index (Phi) is 4.98. The van der Waals surface area contributed by atoms with E-state index in [0.717, 1.165) is 34.0 Å². The zero-order valence-corrected chi connectivity index (χ0v) is 15.6. The number of halogens is 3. The number of hydrogen-bond donors (Lipinski definition) is 1. The minimum absolute atomic E-state index is 0.103. The average Bonchev–Trinajstić information content (AvgIpc) is 3.25. The summed E-state index contributed by atoms with van der Waals surface area (Å²) in [7, 11) is 0. The van der Waals surface area contributed by atoms with Gasteiger partial charge in [-0.2, -0.15) is 0 Å². The highest BCUT2D eigenvalue weighted by molar-refractivity contribution is 7.15. The second-order valence-corrected chi connectivity index (χ2v) is 7.01. The van der Waals surface area contributed by atoms with Gasteiger partial charge in [0.25, 0.3) is 0 Å². The van der Waals surface area contributed by atoms with Crippen molar-refractivity contribution in [1.29, 1.82) is 0 Å². The van der Waals surface area contributed by atoms with E-state index in [9.17, 15) is 18.0 Å². The van der Waals surface area contributed by atoms with E-state index in [1.807, 2.05) is 46.3 Å². The highest BCUT2D eigenvalue weighted by Crippen LogP contribution is 2.25. The molecule has 0 bridgehead atoms. The fraction of sp³-hybridized carbons (Fsp3) is 0.100. The second kappa shape index (κ2) is 7.59. The van der Waals surface area contributed by atoms with Crippen LogP contribution in [0.4, 0.5) is 18.9 Å².